The number of anilines is 1. The van der Waals surface area contributed by atoms with Gasteiger partial charge in [0.05, 0.1) is 5.56 Å². The summed E-state index contributed by atoms with van der Waals surface area (Å²) < 4.78 is 5.27. The predicted molar refractivity (Wildman–Crippen MR) is 75.9 cm³/mol. The van der Waals surface area contributed by atoms with Crippen LogP contribution in [0.1, 0.15) is 27.0 Å². The number of hydrogen-bond acceptors (Lipinski definition) is 3. The van der Waals surface area contributed by atoms with Gasteiger partial charge in [-0.1, -0.05) is 24.3 Å². The molecule has 3 nitrogen and oxygen atoms in total. The van der Waals surface area contributed by atoms with Crippen LogP contribution in [0.5, 0.6) is 0 Å². The molecule has 0 aromatic heterocycles. The number of nitrogens with two attached hydrogens (primary N) is 1. The molecule has 0 bridgehead atoms. The van der Waals surface area contributed by atoms with Crippen molar-refractivity contribution in [3.8, 4) is 0 Å². The minimum Gasteiger partial charge on any atom is -0.457 e. The molecule has 2 N–H and O–H groups in total. The van der Waals surface area contributed by atoms with Gasteiger partial charge in [0.1, 0.15) is 6.61 Å². The van der Waals surface area contributed by atoms with Crippen molar-refractivity contribution in [3.63, 3.8) is 0 Å². The van der Waals surface area contributed by atoms with E-state index in [0.29, 0.717) is 11.3 Å². The topological polar surface area (TPSA) is 52.3 Å². The summed E-state index contributed by atoms with van der Waals surface area (Å²) in [6.07, 6.45) is 0. The summed E-state index contributed by atoms with van der Waals surface area (Å²) in [5.74, 6) is -0.356. The number of carbonyl (C=O) groups excluding carboxylic acids is 1. The predicted octanol–water partition coefficient (Wildman–Crippen LogP) is 3.24. The van der Waals surface area contributed by atoms with Crippen molar-refractivity contribution >= 4 is 11.7 Å². The van der Waals surface area contributed by atoms with Crippen LogP contribution in [0, 0.1) is 13.8 Å². The lowest BCUT2D eigenvalue weighted by Gasteiger charge is -2.07. The maximum absolute atomic E-state index is 11.8. The average Bonchev–Trinajstić information content (AvgIpc) is 2.40. The number of aryl methyl sites for hydroxylation is 2. The van der Waals surface area contributed by atoms with Gasteiger partial charge in [-0.25, -0.2) is 4.79 Å². The number of hydrogen-bond donors (Lipinski definition) is 1. The van der Waals surface area contributed by atoms with Crippen LogP contribution in [0.4, 0.5) is 5.69 Å². The molecule has 0 saturated heterocycles. The van der Waals surface area contributed by atoms with Gasteiger partial charge in [0.25, 0.3) is 0 Å². The Bertz CT molecular complexity index is 605. The van der Waals surface area contributed by atoms with Crippen molar-refractivity contribution in [2.24, 2.45) is 0 Å². The van der Waals surface area contributed by atoms with Crippen molar-refractivity contribution in [2.45, 2.75) is 20.5 Å². The van der Waals surface area contributed by atoms with Gasteiger partial charge in [0.15, 0.2) is 0 Å². The summed E-state index contributed by atoms with van der Waals surface area (Å²) in [7, 11) is 0. The Balaban J connectivity index is 2.02. The van der Waals surface area contributed by atoms with Gasteiger partial charge >= 0.3 is 5.97 Å². The Morgan fingerprint density at radius 2 is 1.89 bits per heavy atom. The Morgan fingerprint density at radius 1 is 1.11 bits per heavy atom. The van der Waals surface area contributed by atoms with Crippen LogP contribution in [0.2, 0.25) is 0 Å². The highest BCUT2D eigenvalue weighted by Crippen LogP contribution is 2.13. The van der Waals surface area contributed by atoms with E-state index in [2.05, 4.69) is 6.92 Å². The summed E-state index contributed by atoms with van der Waals surface area (Å²) in [6, 6.07) is 12.8. The van der Waals surface area contributed by atoms with E-state index in [-0.39, 0.29) is 12.6 Å². The lowest BCUT2D eigenvalue weighted by molar-refractivity contribution is 0.0472. The first-order chi connectivity index (χ1) is 9.06. The van der Waals surface area contributed by atoms with Crippen molar-refractivity contribution < 1.29 is 9.53 Å². The molecule has 0 unspecified atom stereocenters. The molecule has 2 aromatic rings. The molecule has 0 heterocycles. The monoisotopic (exact) mass is 255 g/mol. The summed E-state index contributed by atoms with van der Waals surface area (Å²) in [4.78, 5) is 11.8. The fourth-order valence-corrected chi connectivity index (χ4v) is 1.79. The van der Waals surface area contributed by atoms with E-state index in [9.17, 15) is 4.79 Å². The molecule has 0 aliphatic carbocycles. The molecular formula is C16H17NO2. The highest BCUT2D eigenvalue weighted by atomic mass is 16.5. The molecular weight excluding hydrogens is 238 g/mol. The van der Waals surface area contributed by atoms with Crippen LogP contribution in [-0.4, -0.2) is 5.97 Å². The van der Waals surface area contributed by atoms with Crippen LogP contribution in [-0.2, 0) is 11.3 Å². The van der Waals surface area contributed by atoms with Crippen molar-refractivity contribution in [3.05, 3.63) is 64.7 Å². The summed E-state index contributed by atoms with van der Waals surface area (Å²) in [6.45, 7) is 4.37. The largest absolute Gasteiger partial charge is 0.457 e. The maximum Gasteiger partial charge on any atom is 0.338 e. The second-order valence-corrected chi connectivity index (χ2v) is 4.62. The standard InChI is InChI=1S/C16H17NO2/c1-11-6-7-13(8-12(11)2)10-19-16(18)14-4-3-5-15(17)9-14/h3-9H,10,17H2,1-2H3. The number of carbonyl (C=O) groups is 1. The SMILES string of the molecule is Cc1ccc(COC(=O)c2cccc(N)c2)cc1C. The van der Waals surface area contributed by atoms with Gasteiger partial charge < -0.3 is 10.5 Å². The van der Waals surface area contributed by atoms with Crippen molar-refractivity contribution in [2.75, 3.05) is 5.73 Å². The van der Waals surface area contributed by atoms with Crippen molar-refractivity contribution in [1.29, 1.82) is 0 Å². The number of esters is 1. The van der Waals surface area contributed by atoms with Crippen LogP contribution in [0.25, 0.3) is 0 Å². The lowest BCUT2D eigenvalue weighted by atomic mass is 10.1. The zero-order valence-electron chi connectivity index (χ0n) is 11.1. The van der Waals surface area contributed by atoms with Crippen LogP contribution >= 0.6 is 0 Å². The van der Waals surface area contributed by atoms with E-state index in [0.717, 1.165) is 5.56 Å². The first kappa shape index (κ1) is 13.1. The number of rotatable bonds is 3. The maximum atomic E-state index is 11.8. The minimum atomic E-state index is -0.356. The van der Waals surface area contributed by atoms with E-state index in [1.54, 1.807) is 24.3 Å². The van der Waals surface area contributed by atoms with E-state index in [1.165, 1.54) is 11.1 Å². The summed E-state index contributed by atoms with van der Waals surface area (Å²) in [5, 5.41) is 0. The number of benzene rings is 2. The first-order valence-corrected chi connectivity index (χ1v) is 6.15. The highest BCUT2D eigenvalue weighted by Gasteiger charge is 2.07. The third-order valence-corrected chi connectivity index (χ3v) is 3.06. The lowest BCUT2D eigenvalue weighted by Crippen LogP contribution is -2.06. The molecule has 0 amide bonds. The van der Waals surface area contributed by atoms with Gasteiger partial charge in [0.2, 0.25) is 0 Å². The fourth-order valence-electron chi connectivity index (χ4n) is 1.79. The van der Waals surface area contributed by atoms with E-state index >= 15 is 0 Å². The number of nitrogen functional groups attached to an aromatic ring is 1. The number of ether oxygens (including phenoxy) is 1. The van der Waals surface area contributed by atoms with Gasteiger partial charge in [-0.15, -0.1) is 0 Å². The third kappa shape index (κ3) is 3.35. The summed E-state index contributed by atoms with van der Waals surface area (Å²) >= 11 is 0. The Hall–Kier alpha value is -2.29. The zero-order chi connectivity index (χ0) is 13.8. The van der Waals surface area contributed by atoms with Gasteiger partial charge in [-0.2, -0.15) is 0 Å². The zero-order valence-corrected chi connectivity index (χ0v) is 11.1. The minimum absolute atomic E-state index is 0.273. The normalized spacial score (nSPS) is 10.2. The Labute approximate surface area is 113 Å². The molecule has 0 saturated carbocycles. The molecule has 98 valence electrons. The van der Waals surface area contributed by atoms with Crippen LogP contribution in [0.15, 0.2) is 42.5 Å². The second-order valence-electron chi connectivity index (χ2n) is 4.62. The smallest absolute Gasteiger partial charge is 0.338 e. The Kier molecular flexibility index (Phi) is 3.85. The average molecular weight is 255 g/mol. The molecule has 3 heteroatoms. The molecule has 2 rings (SSSR count). The van der Waals surface area contributed by atoms with Crippen LogP contribution in [0.3, 0.4) is 0 Å². The molecule has 0 radical (unpaired) electrons. The second kappa shape index (κ2) is 5.57. The molecule has 0 atom stereocenters. The molecule has 0 aliphatic heterocycles. The quantitative estimate of drug-likeness (QED) is 0.676. The summed E-state index contributed by atoms with van der Waals surface area (Å²) in [5.41, 5.74) is 10.1. The van der Waals surface area contributed by atoms with Gasteiger partial charge in [-0.05, 0) is 48.7 Å². The molecule has 0 aliphatic rings. The van der Waals surface area contributed by atoms with Gasteiger partial charge in [-0.3, -0.25) is 0 Å². The molecule has 0 fully saturated rings. The van der Waals surface area contributed by atoms with Crippen LogP contribution < -0.4 is 5.73 Å². The molecule has 0 spiro atoms. The van der Waals surface area contributed by atoms with Crippen molar-refractivity contribution in [1.82, 2.24) is 0 Å². The molecule has 2 aromatic carbocycles. The fraction of sp³-hybridized carbons (Fsp3) is 0.188. The molecule has 19 heavy (non-hydrogen) atoms. The Morgan fingerprint density at radius 3 is 2.58 bits per heavy atom. The third-order valence-electron chi connectivity index (χ3n) is 3.06. The van der Waals surface area contributed by atoms with E-state index in [4.69, 9.17) is 10.5 Å². The van der Waals surface area contributed by atoms with E-state index in [1.807, 2.05) is 25.1 Å². The first-order valence-electron chi connectivity index (χ1n) is 6.15. The van der Waals surface area contributed by atoms with E-state index < -0.39 is 0 Å². The highest BCUT2D eigenvalue weighted by molar-refractivity contribution is 5.90. The van der Waals surface area contributed by atoms with Gasteiger partial charge in [0, 0.05) is 5.69 Å².